The molecule has 3 rings (SSSR count). The number of furan rings is 1. The van der Waals surface area contributed by atoms with Gasteiger partial charge in [-0.1, -0.05) is 0 Å². The lowest BCUT2D eigenvalue weighted by molar-refractivity contribution is 0.0622. The van der Waals surface area contributed by atoms with Crippen molar-refractivity contribution in [2.45, 2.75) is 12.8 Å². The Balaban J connectivity index is 1.69. The summed E-state index contributed by atoms with van der Waals surface area (Å²) in [7, 11) is 0. The van der Waals surface area contributed by atoms with Gasteiger partial charge in [0.1, 0.15) is 17.5 Å². The van der Waals surface area contributed by atoms with Gasteiger partial charge < -0.3 is 9.32 Å². The van der Waals surface area contributed by atoms with Crippen molar-refractivity contribution in [1.82, 2.24) is 4.90 Å². The minimum Gasteiger partial charge on any atom is -0.459 e. The second kappa shape index (κ2) is 6.51. The maximum Gasteiger partial charge on any atom is 0.289 e. The first-order valence-corrected chi connectivity index (χ1v) is 7.49. The van der Waals surface area contributed by atoms with Gasteiger partial charge in [0, 0.05) is 31.1 Å². The first-order chi connectivity index (χ1) is 11.5. The highest BCUT2D eigenvalue weighted by Gasteiger charge is 2.32. The van der Waals surface area contributed by atoms with Crippen LogP contribution in [0.2, 0.25) is 0 Å². The molecule has 2 aromatic rings. The molecular formula is C17H14F3NO3. The number of nitrogens with zero attached hydrogens (tertiary/aromatic N) is 1. The summed E-state index contributed by atoms with van der Waals surface area (Å²) < 4.78 is 45.4. The van der Waals surface area contributed by atoms with E-state index in [0.717, 1.165) is 0 Å². The molecule has 1 aliphatic rings. The van der Waals surface area contributed by atoms with Crippen molar-refractivity contribution in [3.8, 4) is 0 Å². The van der Waals surface area contributed by atoms with Gasteiger partial charge in [0.25, 0.3) is 5.91 Å². The highest BCUT2D eigenvalue weighted by molar-refractivity contribution is 5.98. The van der Waals surface area contributed by atoms with E-state index in [4.69, 9.17) is 4.42 Å². The predicted molar refractivity (Wildman–Crippen MR) is 78.0 cm³/mol. The number of hydrogen-bond acceptors (Lipinski definition) is 3. The molecule has 0 saturated carbocycles. The molecule has 2 heterocycles. The molecule has 1 aliphatic heterocycles. The van der Waals surface area contributed by atoms with Gasteiger partial charge in [-0.25, -0.2) is 13.2 Å². The van der Waals surface area contributed by atoms with Crippen molar-refractivity contribution < 1.29 is 27.2 Å². The van der Waals surface area contributed by atoms with Gasteiger partial charge in [-0.2, -0.15) is 0 Å². The van der Waals surface area contributed by atoms with Crippen LogP contribution in [-0.2, 0) is 0 Å². The summed E-state index contributed by atoms with van der Waals surface area (Å²) in [5.74, 6) is -4.87. The van der Waals surface area contributed by atoms with Crippen LogP contribution in [0.15, 0.2) is 34.9 Å². The van der Waals surface area contributed by atoms with Crippen molar-refractivity contribution in [2.75, 3.05) is 13.1 Å². The normalized spacial score (nSPS) is 15.5. The number of halogens is 3. The molecule has 0 bridgehead atoms. The lowest BCUT2D eigenvalue weighted by atomic mass is 9.88. The van der Waals surface area contributed by atoms with Gasteiger partial charge in [0.15, 0.2) is 11.5 Å². The third-order valence-corrected chi connectivity index (χ3v) is 4.14. The summed E-state index contributed by atoms with van der Waals surface area (Å²) in [4.78, 5) is 26.0. The Bertz CT molecular complexity index is 742. The molecular weight excluding hydrogens is 323 g/mol. The molecule has 7 heteroatoms. The van der Waals surface area contributed by atoms with Crippen LogP contribution in [0.4, 0.5) is 13.2 Å². The Labute approximate surface area is 135 Å². The summed E-state index contributed by atoms with van der Waals surface area (Å²) in [6.45, 7) is 0.556. The number of likely N-dealkylation sites (tertiary alicyclic amines) is 1. The van der Waals surface area contributed by atoms with Crippen molar-refractivity contribution >= 4 is 11.7 Å². The van der Waals surface area contributed by atoms with E-state index >= 15 is 0 Å². The Morgan fingerprint density at radius 3 is 2.25 bits per heavy atom. The molecule has 126 valence electrons. The van der Waals surface area contributed by atoms with Crippen molar-refractivity contribution in [1.29, 1.82) is 0 Å². The van der Waals surface area contributed by atoms with E-state index in [-0.39, 0.29) is 37.6 Å². The highest BCUT2D eigenvalue weighted by Crippen LogP contribution is 2.26. The van der Waals surface area contributed by atoms with E-state index in [9.17, 15) is 22.8 Å². The van der Waals surface area contributed by atoms with E-state index in [1.54, 1.807) is 12.1 Å². The van der Waals surface area contributed by atoms with Gasteiger partial charge in [0.2, 0.25) is 0 Å². The minimum absolute atomic E-state index is 0.204. The first-order valence-electron chi connectivity index (χ1n) is 7.49. The lowest BCUT2D eigenvalue weighted by Crippen LogP contribution is -2.40. The third kappa shape index (κ3) is 3.06. The van der Waals surface area contributed by atoms with E-state index in [2.05, 4.69) is 0 Å². The van der Waals surface area contributed by atoms with Crippen molar-refractivity contribution in [3.05, 3.63) is 59.3 Å². The number of amides is 1. The lowest BCUT2D eigenvalue weighted by Gasteiger charge is -2.30. The summed E-state index contributed by atoms with van der Waals surface area (Å²) in [6.07, 6.45) is 1.95. The fourth-order valence-corrected chi connectivity index (χ4v) is 2.88. The maximum atomic E-state index is 13.7. The predicted octanol–water partition coefficient (Wildman–Crippen LogP) is 3.43. The Kier molecular flexibility index (Phi) is 4.42. The summed E-state index contributed by atoms with van der Waals surface area (Å²) in [5, 5.41) is 0. The van der Waals surface area contributed by atoms with Crippen LogP contribution < -0.4 is 0 Å². The zero-order valence-electron chi connectivity index (χ0n) is 12.6. The number of piperidine rings is 1. The number of carbonyl (C=O) groups is 2. The molecule has 1 amide bonds. The molecule has 0 N–H and O–H groups in total. The molecule has 1 aromatic heterocycles. The van der Waals surface area contributed by atoms with E-state index < -0.39 is 34.7 Å². The molecule has 0 unspecified atom stereocenters. The largest absolute Gasteiger partial charge is 0.459 e. The molecule has 4 nitrogen and oxygen atoms in total. The molecule has 0 radical (unpaired) electrons. The van der Waals surface area contributed by atoms with Crippen LogP contribution in [0.1, 0.15) is 33.8 Å². The minimum atomic E-state index is -1.20. The topological polar surface area (TPSA) is 50.5 Å². The standard InChI is InChI=1S/C17H14F3NO3/c18-11-8-12(19)15(13(20)9-11)16(22)10-3-5-21(6-4-10)17(23)14-2-1-7-24-14/h1-2,7-10H,3-6H2. The van der Waals surface area contributed by atoms with Crippen LogP contribution in [0.3, 0.4) is 0 Å². The van der Waals surface area contributed by atoms with Crippen LogP contribution >= 0.6 is 0 Å². The zero-order chi connectivity index (χ0) is 17.3. The Hall–Kier alpha value is -2.57. The third-order valence-electron chi connectivity index (χ3n) is 4.14. The van der Waals surface area contributed by atoms with Crippen LogP contribution in [0.5, 0.6) is 0 Å². The fourth-order valence-electron chi connectivity index (χ4n) is 2.88. The van der Waals surface area contributed by atoms with Gasteiger partial charge in [0.05, 0.1) is 11.8 Å². The summed E-state index contributed by atoms with van der Waals surface area (Å²) in [6, 6.07) is 4.13. The number of benzene rings is 1. The molecule has 1 fully saturated rings. The average Bonchev–Trinajstić information content (AvgIpc) is 3.07. The van der Waals surface area contributed by atoms with E-state index in [1.807, 2.05) is 0 Å². The van der Waals surface area contributed by atoms with Gasteiger partial charge in [-0.3, -0.25) is 9.59 Å². The number of Topliss-reactive ketones (excluding diaryl/α,β-unsaturated/α-hetero) is 1. The number of carbonyl (C=O) groups excluding carboxylic acids is 2. The monoisotopic (exact) mass is 337 g/mol. The molecule has 0 aliphatic carbocycles. The van der Waals surface area contributed by atoms with Crippen LogP contribution in [0, 0.1) is 23.4 Å². The van der Waals surface area contributed by atoms with Crippen molar-refractivity contribution in [3.63, 3.8) is 0 Å². The average molecular weight is 337 g/mol. The quantitative estimate of drug-likeness (QED) is 0.806. The Morgan fingerprint density at radius 2 is 1.71 bits per heavy atom. The first kappa shape index (κ1) is 16.3. The van der Waals surface area contributed by atoms with Crippen LogP contribution in [-0.4, -0.2) is 29.7 Å². The van der Waals surface area contributed by atoms with Crippen molar-refractivity contribution in [2.24, 2.45) is 5.92 Å². The van der Waals surface area contributed by atoms with Gasteiger partial charge in [-0.15, -0.1) is 0 Å². The van der Waals surface area contributed by atoms with E-state index in [0.29, 0.717) is 12.1 Å². The SMILES string of the molecule is O=C(c1c(F)cc(F)cc1F)C1CCN(C(=O)c2ccco2)CC1. The smallest absolute Gasteiger partial charge is 0.289 e. The zero-order valence-corrected chi connectivity index (χ0v) is 12.6. The van der Waals surface area contributed by atoms with Crippen LogP contribution in [0.25, 0.3) is 0 Å². The number of rotatable bonds is 3. The van der Waals surface area contributed by atoms with E-state index in [1.165, 1.54) is 11.2 Å². The molecule has 0 atom stereocenters. The molecule has 24 heavy (non-hydrogen) atoms. The number of ketones is 1. The van der Waals surface area contributed by atoms with Gasteiger partial charge in [-0.05, 0) is 25.0 Å². The summed E-state index contributed by atoms with van der Waals surface area (Å²) >= 11 is 0. The molecule has 1 aromatic carbocycles. The number of hydrogen-bond donors (Lipinski definition) is 0. The van der Waals surface area contributed by atoms with Gasteiger partial charge >= 0.3 is 0 Å². The highest BCUT2D eigenvalue weighted by atomic mass is 19.1. The fraction of sp³-hybridized carbons (Fsp3) is 0.294. The maximum absolute atomic E-state index is 13.7. The summed E-state index contributed by atoms with van der Waals surface area (Å²) in [5.41, 5.74) is -0.716. The Morgan fingerprint density at radius 1 is 1.08 bits per heavy atom. The molecule has 1 saturated heterocycles. The second-order valence-electron chi connectivity index (χ2n) is 5.65. The molecule has 0 spiro atoms. The second-order valence-corrected chi connectivity index (χ2v) is 5.65.